The van der Waals surface area contributed by atoms with Gasteiger partial charge < -0.3 is 10.1 Å². The summed E-state index contributed by atoms with van der Waals surface area (Å²) in [4.78, 5) is 24.4. The first-order chi connectivity index (χ1) is 11.6. The van der Waals surface area contributed by atoms with Gasteiger partial charge in [0.15, 0.2) is 6.61 Å². The minimum Gasteiger partial charge on any atom is -0.455 e. The van der Waals surface area contributed by atoms with Gasteiger partial charge in [0.25, 0.3) is 5.91 Å². The molecule has 126 valence electrons. The van der Waals surface area contributed by atoms with Gasteiger partial charge in [0, 0.05) is 5.69 Å². The molecule has 0 fully saturated rings. The van der Waals surface area contributed by atoms with Crippen LogP contribution in [0.3, 0.4) is 0 Å². The van der Waals surface area contributed by atoms with Gasteiger partial charge >= 0.3 is 5.97 Å². The highest BCUT2D eigenvalue weighted by Crippen LogP contribution is 2.28. The zero-order chi connectivity index (χ0) is 17.4. The standard InChI is InChI=1S/C20H23NO3/c1-3-15(2)19(16-10-6-4-7-11-16)20(23)24-14-18(22)21-17-12-8-5-9-13-17/h4-13,15,19H,3,14H2,1-2H3,(H,21,22)/t15-,19+/m1/s1. The van der Waals surface area contributed by atoms with E-state index in [1.54, 1.807) is 12.1 Å². The summed E-state index contributed by atoms with van der Waals surface area (Å²) < 4.78 is 5.26. The van der Waals surface area contributed by atoms with Crippen LogP contribution in [0.4, 0.5) is 5.69 Å². The number of carbonyl (C=O) groups is 2. The lowest BCUT2D eigenvalue weighted by atomic mass is 9.86. The highest BCUT2D eigenvalue weighted by molar-refractivity contribution is 5.93. The molecule has 0 saturated heterocycles. The van der Waals surface area contributed by atoms with Crippen LogP contribution in [0.5, 0.6) is 0 Å². The average Bonchev–Trinajstić information content (AvgIpc) is 2.62. The Balaban J connectivity index is 1.96. The molecule has 24 heavy (non-hydrogen) atoms. The largest absolute Gasteiger partial charge is 0.455 e. The molecule has 2 atom stereocenters. The molecule has 0 unspecified atom stereocenters. The summed E-state index contributed by atoms with van der Waals surface area (Å²) in [5.74, 6) is -0.929. The molecular formula is C20H23NO3. The Morgan fingerprint density at radius 3 is 2.17 bits per heavy atom. The molecule has 2 aromatic carbocycles. The fourth-order valence-electron chi connectivity index (χ4n) is 2.54. The van der Waals surface area contributed by atoms with E-state index in [1.165, 1.54) is 0 Å². The van der Waals surface area contributed by atoms with Gasteiger partial charge in [-0.15, -0.1) is 0 Å². The minimum atomic E-state index is -0.362. The molecule has 4 nitrogen and oxygen atoms in total. The number of benzene rings is 2. The third-order valence-electron chi connectivity index (χ3n) is 4.03. The fourth-order valence-corrected chi connectivity index (χ4v) is 2.54. The predicted molar refractivity (Wildman–Crippen MR) is 94.7 cm³/mol. The van der Waals surface area contributed by atoms with Crippen LogP contribution in [0.25, 0.3) is 0 Å². The molecule has 0 radical (unpaired) electrons. The lowest BCUT2D eigenvalue weighted by Gasteiger charge is -2.21. The van der Waals surface area contributed by atoms with Gasteiger partial charge in [-0.2, -0.15) is 0 Å². The van der Waals surface area contributed by atoms with E-state index in [2.05, 4.69) is 5.32 Å². The Morgan fingerprint density at radius 2 is 1.58 bits per heavy atom. The Bertz CT molecular complexity index is 655. The van der Waals surface area contributed by atoms with Crippen LogP contribution in [0.15, 0.2) is 60.7 Å². The summed E-state index contributed by atoms with van der Waals surface area (Å²) in [5.41, 5.74) is 1.60. The maximum atomic E-state index is 12.5. The van der Waals surface area contributed by atoms with E-state index in [9.17, 15) is 9.59 Å². The molecule has 1 N–H and O–H groups in total. The van der Waals surface area contributed by atoms with E-state index >= 15 is 0 Å². The molecule has 0 aliphatic carbocycles. The lowest BCUT2D eigenvalue weighted by Crippen LogP contribution is -2.26. The van der Waals surface area contributed by atoms with Gasteiger partial charge in [0.05, 0.1) is 5.92 Å². The number of para-hydroxylation sites is 1. The predicted octanol–water partition coefficient (Wildman–Crippen LogP) is 4.00. The second-order valence-corrected chi connectivity index (χ2v) is 5.80. The van der Waals surface area contributed by atoms with E-state index < -0.39 is 0 Å². The molecule has 4 heteroatoms. The number of carbonyl (C=O) groups excluding carboxylic acids is 2. The molecule has 0 spiro atoms. The number of rotatable bonds is 7. The summed E-state index contributed by atoms with van der Waals surface area (Å²) in [6.45, 7) is 3.77. The maximum absolute atomic E-state index is 12.5. The molecule has 0 aliphatic rings. The van der Waals surface area contributed by atoms with Crippen LogP contribution in [-0.2, 0) is 14.3 Å². The molecule has 2 aromatic rings. The van der Waals surface area contributed by atoms with Crippen LogP contribution in [0, 0.1) is 5.92 Å². The number of anilines is 1. The van der Waals surface area contributed by atoms with Crippen LogP contribution >= 0.6 is 0 Å². The number of hydrogen-bond acceptors (Lipinski definition) is 3. The molecule has 0 bridgehead atoms. The second kappa shape index (κ2) is 8.87. The van der Waals surface area contributed by atoms with E-state index in [0.717, 1.165) is 12.0 Å². The first-order valence-electron chi connectivity index (χ1n) is 8.18. The van der Waals surface area contributed by atoms with Crippen molar-refractivity contribution in [2.75, 3.05) is 11.9 Å². The minimum absolute atomic E-state index is 0.136. The van der Waals surface area contributed by atoms with Crippen molar-refractivity contribution in [1.82, 2.24) is 0 Å². The third kappa shape index (κ3) is 4.95. The summed E-state index contributed by atoms with van der Waals surface area (Å²) in [6, 6.07) is 18.6. The van der Waals surface area contributed by atoms with Crippen molar-refractivity contribution in [3.05, 3.63) is 66.2 Å². The van der Waals surface area contributed by atoms with Crippen molar-refractivity contribution in [3.63, 3.8) is 0 Å². The van der Waals surface area contributed by atoms with E-state index in [0.29, 0.717) is 5.69 Å². The molecule has 1 amide bonds. The van der Waals surface area contributed by atoms with Crippen LogP contribution in [-0.4, -0.2) is 18.5 Å². The van der Waals surface area contributed by atoms with Crippen molar-refractivity contribution < 1.29 is 14.3 Å². The van der Waals surface area contributed by atoms with Crippen molar-refractivity contribution in [1.29, 1.82) is 0 Å². The van der Waals surface area contributed by atoms with Crippen molar-refractivity contribution >= 4 is 17.6 Å². The smallest absolute Gasteiger partial charge is 0.314 e. The molecule has 0 aromatic heterocycles. The monoisotopic (exact) mass is 325 g/mol. The summed E-state index contributed by atoms with van der Waals surface area (Å²) in [5, 5.41) is 2.70. The van der Waals surface area contributed by atoms with E-state index in [1.807, 2.05) is 62.4 Å². The molecule has 0 saturated carbocycles. The summed E-state index contributed by atoms with van der Waals surface area (Å²) >= 11 is 0. The zero-order valence-electron chi connectivity index (χ0n) is 14.1. The Hall–Kier alpha value is -2.62. The average molecular weight is 325 g/mol. The molecule has 2 rings (SSSR count). The normalized spacial score (nSPS) is 12.9. The Labute approximate surface area is 142 Å². The Morgan fingerprint density at radius 1 is 1.00 bits per heavy atom. The quantitative estimate of drug-likeness (QED) is 0.783. The first kappa shape index (κ1) is 17.7. The highest BCUT2D eigenvalue weighted by atomic mass is 16.5. The highest BCUT2D eigenvalue weighted by Gasteiger charge is 2.27. The number of ether oxygens (including phenoxy) is 1. The number of amides is 1. The second-order valence-electron chi connectivity index (χ2n) is 5.80. The SMILES string of the molecule is CC[C@@H](C)[C@H](C(=O)OCC(=O)Nc1ccccc1)c1ccccc1. The topological polar surface area (TPSA) is 55.4 Å². The van der Waals surface area contributed by atoms with Crippen LogP contribution in [0.1, 0.15) is 31.7 Å². The zero-order valence-corrected chi connectivity index (χ0v) is 14.1. The van der Waals surface area contributed by atoms with E-state index in [-0.39, 0.29) is 30.3 Å². The maximum Gasteiger partial charge on any atom is 0.314 e. The molecule has 0 heterocycles. The number of nitrogens with one attached hydrogen (secondary N) is 1. The van der Waals surface area contributed by atoms with Crippen molar-refractivity contribution in [3.8, 4) is 0 Å². The summed E-state index contributed by atoms with van der Waals surface area (Å²) in [6.07, 6.45) is 0.852. The van der Waals surface area contributed by atoms with Crippen molar-refractivity contribution in [2.45, 2.75) is 26.2 Å². The third-order valence-corrected chi connectivity index (χ3v) is 4.03. The van der Waals surface area contributed by atoms with Crippen LogP contribution < -0.4 is 5.32 Å². The molecular weight excluding hydrogens is 302 g/mol. The van der Waals surface area contributed by atoms with Gasteiger partial charge in [-0.05, 0) is 23.6 Å². The van der Waals surface area contributed by atoms with Gasteiger partial charge in [-0.1, -0.05) is 68.8 Å². The Kier molecular flexibility index (Phi) is 6.55. The fraction of sp³-hybridized carbons (Fsp3) is 0.300. The van der Waals surface area contributed by atoms with Gasteiger partial charge in [0.2, 0.25) is 0 Å². The van der Waals surface area contributed by atoms with Crippen molar-refractivity contribution in [2.24, 2.45) is 5.92 Å². The van der Waals surface area contributed by atoms with Gasteiger partial charge in [-0.3, -0.25) is 9.59 Å². The number of hydrogen-bond donors (Lipinski definition) is 1. The van der Waals surface area contributed by atoms with Crippen LogP contribution in [0.2, 0.25) is 0 Å². The number of esters is 1. The molecule has 0 aliphatic heterocycles. The van der Waals surface area contributed by atoms with Gasteiger partial charge in [-0.25, -0.2) is 0 Å². The van der Waals surface area contributed by atoms with E-state index in [4.69, 9.17) is 4.74 Å². The first-order valence-corrected chi connectivity index (χ1v) is 8.18. The lowest BCUT2D eigenvalue weighted by molar-refractivity contribution is -0.150. The van der Waals surface area contributed by atoms with Gasteiger partial charge in [0.1, 0.15) is 0 Å². The summed E-state index contributed by atoms with van der Waals surface area (Å²) in [7, 11) is 0.